The van der Waals surface area contributed by atoms with Crippen LogP contribution in [0.15, 0.2) is 18.2 Å². The minimum Gasteiger partial charge on any atom is -0.481 e. The number of hydrogen-bond donors (Lipinski definition) is 2. The first-order valence-electron chi connectivity index (χ1n) is 11.5. The van der Waals surface area contributed by atoms with Crippen LogP contribution >= 0.6 is 11.6 Å². The summed E-state index contributed by atoms with van der Waals surface area (Å²) in [5.74, 6) is 5.44. The van der Waals surface area contributed by atoms with E-state index in [0.29, 0.717) is 5.75 Å². The first-order chi connectivity index (χ1) is 14.1. The van der Waals surface area contributed by atoms with Crippen LogP contribution in [0.1, 0.15) is 103 Å². The van der Waals surface area contributed by atoms with Crippen molar-refractivity contribution in [2.45, 2.75) is 110 Å². The van der Waals surface area contributed by atoms with Gasteiger partial charge in [0.1, 0.15) is 5.75 Å². The third-order valence-corrected chi connectivity index (χ3v) is 5.76. The second-order valence-electron chi connectivity index (χ2n) is 8.01. The predicted molar refractivity (Wildman–Crippen MR) is 123 cm³/mol. The second-order valence-corrected chi connectivity index (χ2v) is 8.42. The van der Waals surface area contributed by atoms with E-state index in [1.807, 2.05) is 12.1 Å². The molecule has 1 aromatic rings. The van der Waals surface area contributed by atoms with Crippen LogP contribution < -0.4 is 16.0 Å². The summed E-state index contributed by atoms with van der Waals surface area (Å²) in [6.45, 7) is 3.94. The highest BCUT2D eigenvalue weighted by atomic mass is 35.5. The first kappa shape index (κ1) is 25.8. The molecule has 1 atom stereocenters. The summed E-state index contributed by atoms with van der Waals surface area (Å²) in [7, 11) is 0. The molecule has 166 valence electrons. The van der Waals surface area contributed by atoms with Gasteiger partial charge in [0.2, 0.25) is 0 Å². The molecule has 0 heterocycles. The van der Waals surface area contributed by atoms with Crippen LogP contribution in [-0.2, 0) is 11.2 Å². The quantitative estimate of drug-likeness (QED) is 0.126. The van der Waals surface area contributed by atoms with Crippen molar-refractivity contribution < 1.29 is 9.53 Å². The number of halogens is 1. The van der Waals surface area contributed by atoms with Crippen LogP contribution in [0, 0.1) is 0 Å². The van der Waals surface area contributed by atoms with Gasteiger partial charge in [0, 0.05) is 5.02 Å². The summed E-state index contributed by atoms with van der Waals surface area (Å²) in [6, 6.07) is 5.56. The van der Waals surface area contributed by atoms with Crippen LogP contribution in [0.3, 0.4) is 0 Å². The van der Waals surface area contributed by atoms with Gasteiger partial charge in [-0.25, -0.2) is 5.84 Å². The molecule has 0 aromatic heterocycles. The maximum absolute atomic E-state index is 11.5. The molecule has 1 unspecified atom stereocenters. The van der Waals surface area contributed by atoms with Crippen LogP contribution in [0.25, 0.3) is 0 Å². The highest BCUT2D eigenvalue weighted by molar-refractivity contribution is 6.31. The number of benzene rings is 1. The molecular weight excluding hydrogens is 384 g/mol. The summed E-state index contributed by atoms with van der Waals surface area (Å²) >= 11 is 6.32. The van der Waals surface area contributed by atoms with Crippen molar-refractivity contribution in [3.8, 4) is 5.75 Å². The fourth-order valence-electron chi connectivity index (χ4n) is 3.52. The Morgan fingerprint density at radius 2 is 1.48 bits per heavy atom. The van der Waals surface area contributed by atoms with Gasteiger partial charge in [-0.2, -0.15) is 0 Å². The lowest BCUT2D eigenvalue weighted by atomic mass is 10.0. The van der Waals surface area contributed by atoms with E-state index in [4.69, 9.17) is 22.2 Å². The molecule has 1 aromatic carbocycles. The van der Waals surface area contributed by atoms with Crippen molar-refractivity contribution in [3.63, 3.8) is 0 Å². The molecule has 4 nitrogen and oxygen atoms in total. The smallest absolute Gasteiger partial charge is 0.274 e. The van der Waals surface area contributed by atoms with Gasteiger partial charge in [-0.1, -0.05) is 95.6 Å². The molecule has 0 radical (unpaired) electrons. The normalized spacial score (nSPS) is 12.0. The number of unbranched alkanes of at least 4 members (excludes halogenated alkanes) is 12. The molecule has 0 saturated carbocycles. The Morgan fingerprint density at radius 1 is 0.966 bits per heavy atom. The zero-order valence-corrected chi connectivity index (χ0v) is 19.2. The monoisotopic (exact) mass is 424 g/mol. The molecule has 0 aliphatic rings. The van der Waals surface area contributed by atoms with Crippen LogP contribution in [0.4, 0.5) is 0 Å². The molecule has 29 heavy (non-hydrogen) atoms. The lowest BCUT2D eigenvalue weighted by Crippen LogP contribution is -2.40. The van der Waals surface area contributed by atoms with Crippen LogP contribution in [-0.4, -0.2) is 12.0 Å². The van der Waals surface area contributed by atoms with Gasteiger partial charge in [0.05, 0.1) is 0 Å². The molecule has 0 saturated heterocycles. The van der Waals surface area contributed by atoms with Gasteiger partial charge in [-0.3, -0.25) is 10.2 Å². The summed E-state index contributed by atoms with van der Waals surface area (Å²) in [6.07, 6.45) is 17.8. The van der Waals surface area contributed by atoms with E-state index in [1.54, 1.807) is 13.0 Å². The van der Waals surface area contributed by atoms with Gasteiger partial charge < -0.3 is 4.74 Å². The van der Waals surface area contributed by atoms with Gasteiger partial charge in [0.25, 0.3) is 5.91 Å². The van der Waals surface area contributed by atoms with E-state index in [9.17, 15) is 4.79 Å². The number of aryl methyl sites for hydroxylation is 1. The average Bonchev–Trinajstić information content (AvgIpc) is 2.72. The number of hydrazine groups is 1. The maximum Gasteiger partial charge on any atom is 0.274 e. The summed E-state index contributed by atoms with van der Waals surface area (Å²) in [5.41, 5.74) is 3.18. The largest absolute Gasteiger partial charge is 0.481 e. The zero-order chi connectivity index (χ0) is 21.3. The maximum atomic E-state index is 11.5. The van der Waals surface area contributed by atoms with Crippen molar-refractivity contribution in [2.24, 2.45) is 5.84 Å². The Balaban J connectivity index is 2.12. The highest BCUT2D eigenvalue weighted by Gasteiger charge is 2.13. The van der Waals surface area contributed by atoms with Gasteiger partial charge in [0.15, 0.2) is 6.10 Å². The van der Waals surface area contributed by atoms with E-state index in [-0.39, 0.29) is 5.91 Å². The minimum atomic E-state index is -0.634. The van der Waals surface area contributed by atoms with Gasteiger partial charge >= 0.3 is 0 Å². The Labute approximate surface area is 182 Å². The number of carbonyl (C=O) groups is 1. The zero-order valence-electron chi connectivity index (χ0n) is 18.5. The molecule has 3 N–H and O–H groups in total. The Bertz CT molecular complexity index is 566. The van der Waals surface area contributed by atoms with Crippen LogP contribution in [0.2, 0.25) is 5.02 Å². The Kier molecular flexibility index (Phi) is 14.7. The molecule has 0 fully saturated rings. The number of rotatable bonds is 17. The number of hydrogen-bond acceptors (Lipinski definition) is 3. The third kappa shape index (κ3) is 12.1. The van der Waals surface area contributed by atoms with E-state index in [1.165, 1.54) is 77.0 Å². The molecule has 1 amide bonds. The lowest BCUT2D eigenvalue weighted by molar-refractivity contribution is -0.127. The fourth-order valence-corrected chi connectivity index (χ4v) is 3.74. The van der Waals surface area contributed by atoms with E-state index >= 15 is 0 Å². The van der Waals surface area contributed by atoms with E-state index < -0.39 is 6.10 Å². The second kappa shape index (κ2) is 16.5. The first-order valence-corrected chi connectivity index (χ1v) is 11.9. The number of carbonyl (C=O) groups excluding carboxylic acids is 1. The molecule has 0 bridgehead atoms. The number of nitrogens with two attached hydrogens (primary N) is 1. The fraction of sp³-hybridized carbons (Fsp3) is 0.708. The third-order valence-electron chi connectivity index (χ3n) is 5.39. The van der Waals surface area contributed by atoms with Gasteiger partial charge in [-0.15, -0.1) is 0 Å². The van der Waals surface area contributed by atoms with Gasteiger partial charge in [-0.05, 0) is 43.5 Å². The Morgan fingerprint density at radius 3 is 2.00 bits per heavy atom. The van der Waals surface area contributed by atoms with E-state index in [0.717, 1.165) is 23.4 Å². The molecule has 5 heteroatoms. The summed E-state index contributed by atoms with van der Waals surface area (Å²) < 4.78 is 5.63. The highest BCUT2D eigenvalue weighted by Crippen LogP contribution is 2.25. The van der Waals surface area contributed by atoms with Crippen LogP contribution in [0.5, 0.6) is 5.75 Å². The average molecular weight is 425 g/mol. The SMILES string of the molecule is CCCCCCCCCCCCCCCc1cc(OC(C)C(=O)NN)ccc1Cl. The molecule has 1 rings (SSSR count). The molecule has 0 aliphatic carbocycles. The summed E-state index contributed by atoms with van der Waals surface area (Å²) in [5, 5.41) is 0.757. The predicted octanol–water partition coefficient (Wildman–Crippen LogP) is 6.73. The molecule has 0 spiro atoms. The molecular formula is C24H41ClN2O2. The Hall–Kier alpha value is -1.26. The lowest BCUT2D eigenvalue weighted by Gasteiger charge is -2.14. The molecule has 0 aliphatic heterocycles. The summed E-state index contributed by atoms with van der Waals surface area (Å²) in [4.78, 5) is 11.5. The van der Waals surface area contributed by atoms with Crippen molar-refractivity contribution in [1.82, 2.24) is 5.43 Å². The van der Waals surface area contributed by atoms with Crippen molar-refractivity contribution >= 4 is 17.5 Å². The minimum absolute atomic E-state index is 0.349. The van der Waals surface area contributed by atoms with Crippen molar-refractivity contribution in [2.75, 3.05) is 0 Å². The van der Waals surface area contributed by atoms with Crippen molar-refractivity contribution in [1.29, 1.82) is 0 Å². The standard InChI is InChI=1S/C24H41ClN2O2/c1-3-4-5-6-7-8-9-10-11-12-13-14-15-16-21-19-22(17-18-23(21)25)29-20(2)24(28)27-26/h17-20H,3-16,26H2,1-2H3,(H,27,28). The number of nitrogens with one attached hydrogen (secondary N) is 1. The number of ether oxygens (including phenoxy) is 1. The number of amides is 1. The van der Waals surface area contributed by atoms with Crippen molar-refractivity contribution in [3.05, 3.63) is 28.8 Å². The van der Waals surface area contributed by atoms with E-state index in [2.05, 4.69) is 12.3 Å². The topological polar surface area (TPSA) is 64.3 Å².